The van der Waals surface area contributed by atoms with E-state index in [1.165, 1.54) is 12.5 Å². The van der Waals surface area contributed by atoms with Gasteiger partial charge in [0.2, 0.25) is 0 Å². The summed E-state index contributed by atoms with van der Waals surface area (Å²) in [4.78, 5) is 22.5. The highest BCUT2D eigenvalue weighted by atomic mass is 32.1. The molecule has 0 saturated heterocycles. The molecule has 0 bridgehead atoms. The van der Waals surface area contributed by atoms with Crippen molar-refractivity contribution < 1.29 is 14.7 Å². The van der Waals surface area contributed by atoms with E-state index in [0.717, 1.165) is 12.8 Å². The maximum absolute atomic E-state index is 11.6. The predicted molar refractivity (Wildman–Crippen MR) is 85.0 cm³/mol. The quantitative estimate of drug-likeness (QED) is 0.348. The van der Waals surface area contributed by atoms with E-state index in [4.69, 9.17) is 5.11 Å². The topological polar surface area (TPSA) is 66.4 Å². The Kier molecular flexibility index (Phi) is 9.05. The summed E-state index contributed by atoms with van der Waals surface area (Å²) in [5.74, 6) is -0.839. The Hall–Kier alpha value is -1.23. The molecule has 0 rings (SSSR count). The molecule has 20 heavy (non-hydrogen) atoms. The first kappa shape index (κ1) is 18.8. The van der Waals surface area contributed by atoms with Gasteiger partial charge in [-0.25, -0.2) is 4.79 Å². The van der Waals surface area contributed by atoms with Gasteiger partial charge >= 0.3 is 5.97 Å². The SMILES string of the molecule is CC(=O)C(=CC(C)CCC=C(C)C)N[C@@H](CS)C(=O)O. The first-order valence-corrected chi connectivity index (χ1v) is 7.37. The summed E-state index contributed by atoms with van der Waals surface area (Å²) >= 11 is 3.98. The molecule has 0 aliphatic carbocycles. The van der Waals surface area contributed by atoms with Gasteiger partial charge in [0.25, 0.3) is 0 Å². The molecule has 0 radical (unpaired) electrons. The van der Waals surface area contributed by atoms with E-state index >= 15 is 0 Å². The molecule has 0 saturated carbocycles. The van der Waals surface area contributed by atoms with E-state index in [2.05, 4.69) is 24.0 Å². The molecule has 0 spiro atoms. The number of carbonyl (C=O) groups excluding carboxylic acids is 1. The van der Waals surface area contributed by atoms with Crippen molar-refractivity contribution in [2.24, 2.45) is 5.92 Å². The number of Topliss-reactive ketones (excluding diaryl/α,β-unsaturated/α-hetero) is 1. The highest BCUT2D eigenvalue weighted by Gasteiger charge is 2.18. The largest absolute Gasteiger partial charge is 0.480 e. The number of carbonyl (C=O) groups is 2. The fourth-order valence-electron chi connectivity index (χ4n) is 1.64. The van der Waals surface area contributed by atoms with Gasteiger partial charge in [0, 0.05) is 12.7 Å². The summed E-state index contributed by atoms with van der Waals surface area (Å²) in [5.41, 5.74) is 1.63. The van der Waals surface area contributed by atoms with Crippen molar-refractivity contribution in [1.29, 1.82) is 0 Å². The Balaban J connectivity index is 4.72. The van der Waals surface area contributed by atoms with Gasteiger partial charge in [-0.1, -0.05) is 24.6 Å². The third kappa shape index (κ3) is 8.04. The molecule has 2 N–H and O–H groups in total. The zero-order valence-corrected chi connectivity index (χ0v) is 13.5. The van der Waals surface area contributed by atoms with Crippen LogP contribution >= 0.6 is 12.6 Å². The standard InChI is InChI=1S/C15H25NO3S/c1-10(2)6-5-7-11(3)8-13(12(4)17)16-14(9-20)15(18)19/h6,8,11,14,16,20H,5,7,9H2,1-4H3,(H,18,19)/t11?,14-/m0/s1. The van der Waals surface area contributed by atoms with E-state index in [1.54, 1.807) is 6.08 Å². The van der Waals surface area contributed by atoms with Crippen molar-refractivity contribution in [2.75, 3.05) is 5.75 Å². The van der Waals surface area contributed by atoms with E-state index in [1.807, 2.05) is 20.8 Å². The number of rotatable bonds is 9. The number of hydrogen-bond donors (Lipinski definition) is 3. The van der Waals surface area contributed by atoms with Gasteiger partial charge in [-0.3, -0.25) is 4.79 Å². The molecule has 4 nitrogen and oxygen atoms in total. The summed E-state index contributed by atoms with van der Waals surface area (Å²) in [6.45, 7) is 7.54. The number of nitrogens with one attached hydrogen (secondary N) is 1. The minimum Gasteiger partial charge on any atom is -0.480 e. The smallest absolute Gasteiger partial charge is 0.326 e. The number of carboxylic acid groups (broad SMARTS) is 1. The Morgan fingerprint density at radius 2 is 1.90 bits per heavy atom. The van der Waals surface area contributed by atoms with Crippen LogP contribution in [-0.2, 0) is 9.59 Å². The van der Waals surface area contributed by atoms with E-state index in [0.29, 0.717) is 5.70 Å². The molecule has 0 heterocycles. The van der Waals surface area contributed by atoms with Gasteiger partial charge in [-0.15, -0.1) is 0 Å². The summed E-state index contributed by atoms with van der Waals surface area (Å²) in [5, 5.41) is 11.7. The normalized spacial score (nSPS) is 14.3. The first-order chi connectivity index (χ1) is 9.27. The molecule has 114 valence electrons. The highest BCUT2D eigenvalue weighted by Crippen LogP contribution is 2.12. The van der Waals surface area contributed by atoms with Crippen LogP contribution in [-0.4, -0.2) is 28.7 Å². The Labute approximate surface area is 126 Å². The number of thiol groups is 1. The molecule has 1 unspecified atom stereocenters. The Morgan fingerprint density at radius 3 is 2.30 bits per heavy atom. The van der Waals surface area contributed by atoms with Crippen LogP contribution in [0.15, 0.2) is 23.4 Å². The van der Waals surface area contributed by atoms with Gasteiger partial charge in [0.1, 0.15) is 6.04 Å². The van der Waals surface area contributed by atoms with Crippen LogP contribution in [0.25, 0.3) is 0 Å². The van der Waals surface area contributed by atoms with Crippen molar-refractivity contribution in [2.45, 2.75) is 46.6 Å². The second-order valence-electron chi connectivity index (χ2n) is 5.19. The summed E-state index contributed by atoms with van der Waals surface area (Å²) in [6.07, 6.45) is 5.82. The maximum Gasteiger partial charge on any atom is 0.326 e. The van der Waals surface area contributed by atoms with Crippen molar-refractivity contribution >= 4 is 24.4 Å². The van der Waals surface area contributed by atoms with Gasteiger partial charge in [-0.2, -0.15) is 12.6 Å². The van der Waals surface area contributed by atoms with Gasteiger partial charge in [-0.05, 0) is 32.6 Å². The zero-order valence-electron chi connectivity index (χ0n) is 12.6. The third-order valence-electron chi connectivity index (χ3n) is 2.82. The first-order valence-electron chi connectivity index (χ1n) is 6.74. The third-order valence-corrected chi connectivity index (χ3v) is 3.18. The lowest BCUT2D eigenvalue weighted by Crippen LogP contribution is -2.39. The van der Waals surface area contributed by atoms with Gasteiger partial charge in [0.05, 0.1) is 5.70 Å². The molecule has 0 aromatic rings. The van der Waals surface area contributed by atoms with E-state index in [-0.39, 0.29) is 17.5 Å². The number of carboxylic acids is 1. The van der Waals surface area contributed by atoms with E-state index in [9.17, 15) is 9.59 Å². The number of hydrogen-bond acceptors (Lipinski definition) is 4. The molecular weight excluding hydrogens is 274 g/mol. The molecule has 0 fully saturated rings. The van der Waals surface area contributed by atoms with Crippen LogP contribution in [0.5, 0.6) is 0 Å². The maximum atomic E-state index is 11.6. The van der Waals surface area contributed by atoms with E-state index < -0.39 is 12.0 Å². The molecular formula is C15H25NO3S. The van der Waals surface area contributed by atoms with Crippen LogP contribution in [0.3, 0.4) is 0 Å². The van der Waals surface area contributed by atoms with Crippen LogP contribution in [0.4, 0.5) is 0 Å². The Morgan fingerprint density at radius 1 is 1.30 bits per heavy atom. The molecule has 0 amide bonds. The molecule has 5 heteroatoms. The lowest BCUT2D eigenvalue weighted by Gasteiger charge is -2.16. The fraction of sp³-hybridized carbons (Fsp3) is 0.600. The fourth-order valence-corrected chi connectivity index (χ4v) is 1.89. The minimum atomic E-state index is -1.01. The van der Waals surface area contributed by atoms with Gasteiger partial charge < -0.3 is 10.4 Å². The van der Waals surface area contributed by atoms with Crippen LogP contribution in [0, 0.1) is 5.92 Å². The second kappa shape index (κ2) is 9.64. The van der Waals surface area contributed by atoms with Crippen LogP contribution in [0.2, 0.25) is 0 Å². The summed E-state index contributed by atoms with van der Waals surface area (Å²) in [6, 6.07) is -0.849. The van der Waals surface area contributed by atoms with Crippen molar-refractivity contribution in [3.63, 3.8) is 0 Å². The van der Waals surface area contributed by atoms with Gasteiger partial charge in [0.15, 0.2) is 5.78 Å². The number of allylic oxidation sites excluding steroid dienone is 4. The van der Waals surface area contributed by atoms with Crippen molar-refractivity contribution in [1.82, 2.24) is 5.32 Å². The molecule has 0 aromatic heterocycles. The lowest BCUT2D eigenvalue weighted by molar-refractivity contribution is -0.138. The Bertz CT molecular complexity index is 398. The molecule has 0 aliphatic rings. The lowest BCUT2D eigenvalue weighted by atomic mass is 10.0. The van der Waals surface area contributed by atoms with Crippen LogP contribution < -0.4 is 5.32 Å². The summed E-state index contributed by atoms with van der Waals surface area (Å²) < 4.78 is 0. The number of aliphatic carboxylic acids is 1. The molecule has 2 atom stereocenters. The van der Waals surface area contributed by atoms with Crippen LogP contribution in [0.1, 0.15) is 40.5 Å². The van der Waals surface area contributed by atoms with Crippen molar-refractivity contribution in [3.05, 3.63) is 23.4 Å². The molecule has 0 aromatic carbocycles. The minimum absolute atomic E-state index is 0.131. The monoisotopic (exact) mass is 299 g/mol. The summed E-state index contributed by atoms with van der Waals surface area (Å²) in [7, 11) is 0. The predicted octanol–water partition coefficient (Wildman–Crippen LogP) is 2.81. The second-order valence-corrected chi connectivity index (χ2v) is 5.56. The highest BCUT2D eigenvalue weighted by molar-refractivity contribution is 7.80. The average Bonchev–Trinajstić information content (AvgIpc) is 2.32. The zero-order chi connectivity index (χ0) is 15.7. The average molecular weight is 299 g/mol. The number of ketones is 1. The van der Waals surface area contributed by atoms with Crippen molar-refractivity contribution in [3.8, 4) is 0 Å². The molecule has 0 aliphatic heterocycles.